The van der Waals surface area contributed by atoms with Gasteiger partial charge < -0.3 is 16.6 Å². The van der Waals surface area contributed by atoms with Crippen LogP contribution < -0.4 is 11.5 Å². The topological polar surface area (TPSA) is 72.3 Å². The van der Waals surface area contributed by atoms with E-state index >= 15 is 0 Å². The molecule has 0 saturated carbocycles. The van der Waals surface area contributed by atoms with Gasteiger partial charge in [-0.2, -0.15) is 0 Å². The molecule has 0 amide bonds. The minimum absolute atomic E-state index is 0.704. The van der Waals surface area contributed by atoms with Crippen LogP contribution in [-0.4, -0.2) is 17.4 Å². The number of aliphatic hydroxyl groups excluding tert-OH is 1. The van der Waals surface area contributed by atoms with Crippen LogP contribution in [0.25, 0.3) is 0 Å². The molecule has 0 aromatic rings. The van der Waals surface area contributed by atoms with Crippen molar-refractivity contribution in [1.82, 2.24) is 0 Å². The Morgan fingerprint density at radius 1 is 1.50 bits per heavy atom. The van der Waals surface area contributed by atoms with Gasteiger partial charge in [0.15, 0.2) is 0 Å². The molecule has 3 nitrogen and oxygen atoms in total. The van der Waals surface area contributed by atoms with E-state index in [4.69, 9.17) is 16.6 Å². The predicted octanol–water partition coefficient (Wildman–Crippen LogP) is -1.58. The molecular formula is C3H9N2O. The molecule has 0 aliphatic carbocycles. The summed E-state index contributed by atoms with van der Waals surface area (Å²) in [7, 11) is 0. The lowest BCUT2D eigenvalue weighted by Gasteiger charge is -2.05. The van der Waals surface area contributed by atoms with Crippen molar-refractivity contribution in [3.8, 4) is 0 Å². The summed E-state index contributed by atoms with van der Waals surface area (Å²) < 4.78 is 0. The van der Waals surface area contributed by atoms with Crippen molar-refractivity contribution in [2.24, 2.45) is 11.5 Å². The zero-order chi connectivity index (χ0) is 5.15. The molecule has 0 aliphatic rings. The number of rotatable bonds is 1. The summed E-state index contributed by atoms with van der Waals surface area (Å²) in [5.74, 6) is 0. The molecule has 37 valence electrons. The second-order valence-corrected chi connectivity index (χ2v) is 1.14. The summed E-state index contributed by atoms with van der Waals surface area (Å²) in [5, 5.41) is 8.27. The second-order valence-electron chi connectivity index (χ2n) is 1.14. The van der Waals surface area contributed by atoms with Crippen molar-refractivity contribution >= 4 is 0 Å². The highest BCUT2D eigenvalue weighted by atomic mass is 16.3. The fourth-order valence-electron chi connectivity index (χ4n) is 0. The first kappa shape index (κ1) is 5.88. The largest absolute Gasteiger partial charge is 0.390 e. The van der Waals surface area contributed by atoms with Gasteiger partial charge in [-0.05, 0) is 6.92 Å². The van der Waals surface area contributed by atoms with Crippen molar-refractivity contribution in [2.45, 2.75) is 12.3 Å². The molecule has 0 aromatic heterocycles. The lowest BCUT2D eigenvalue weighted by molar-refractivity contribution is 0.191. The van der Waals surface area contributed by atoms with Crippen molar-refractivity contribution in [3.63, 3.8) is 0 Å². The molecular weight excluding hydrogens is 80.0 g/mol. The molecule has 1 radical (unpaired) electrons. The first-order valence-electron chi connectivity index (χ1n) is 1.67. The molecule has 0 aliphatic heterocycles. The maximum absolute atomic E-state index is 8.27. The van der Waals surface area contributed by atoms with E-state index in [1.54, 1.807) is 0 Å². The molecule has 0 heterocycles. The van der Waals surface area contributed by atoms with E-state index in [-0.39, 0.29) is 0 Å². The first-order valence-corrected chi connectivity index (χ1v) is 1.67. The summed E-state index contributed by atoms with van der Waals surface area (Å²) >= 11 is 0. The highest BCUT2D eigenvalue weighted by molar-refractivity contribution is 4.64. The van der Waals surface area contributed by atoms with E-state index in [2.05, 4.69) is 6.92 Å². The average Bonchev–Trinajstić information content (AvgIpc) is 1.36. The van der Waals surface area contributed by atoms with Crippen LogP contribution in [0, 0.1) is 6.92 Å². The van der Waals surface area contributed by atoms with E-state index in [0.717, 1.165) is 0 Å². The number of nitrogens with two attached hydrogens (primary N) is 2. The summed E-state index contributed by atoms with van der Waals surface area (Å²) in [5.41, 5.74) is 9.80. The van der Waals surface area contributed by atoms with E-state index in [0.29, 0.717) is 0 Å². The Hall–Kier alpha value is -0.120. The van der Waals surface area contributed by atoms with E-state index in [1.165, 1.54) is 0 Å². The van der Waals surface area contributed by atoms with Gasteiger partial charge in [0, 0.05) is 0 Å². The Morgan fingerprint density at radius 3 is 1.67 bits per heavy atom. The van der Waals surface area contributed by atoms with E-state index in [9.17, 15) is 0 Å². The van der Waals surface area contributed by atoms with Crippen LogP contribution in [0.2, 0.25) is 0 Å². The fraction of sp³-hybridized carbons (Fsp3) is 0.667. The van der Waals surface area contributed by atoms with E-state index < -0.39 is 12.3 Å². The highest BCUT2D eigenvalue weighted by Gasteiger charge is 1.98. The molecule has 1 unspecified atom stereocenters. The standard InChI is InChI=1S/C3H9N2O/c1-2(6)3(4)5/h2-3,6H,1,4-5H2. The molecule has 0 fully saturated rings. The maximum atomic E-state index is 8.27. The van der Waals surface area contributed by atoms with Gasteiger partial charge in [-0.3, -0.25) is 0 Å². The number of hydrogen-bond donors (Lipinski definition) is 3. The Bertz CT molecular complexity index is 29.8. The van der Waals surface area contributed by atoms with Crippen LogP contribution in [0.5, 0.6) is 0 Å². The Morgan fingerprint density at radius 2 is 1.67 bits per heavy atom. The SMILES string of the molecule is [CH2]C(O)C(N)N. The van der Waals surface area contributed by atoms with Gasteiger partial charge in [0.05, 0.1) is 12.3 Å². The van der Waals surface area contributed by atoms with Crippen LogP contribution >= 0.6 is 0 Å². The zero-order valence-electron chi connectivity index (χ0n) is 3.46. The van der Waals surface area contributed by atoms with Crippen LogP contribution in [0.1, 0.15) is 0 Å². The normalized spacial score (nSPS) is 15.5. The predicted molar refractivity (Wildman–Crippen MR) is 23.5 cm³/mol. The van der Waals surface area contributed by atoms with Gasteiger partial charge in [-0.25, -0.2) is 0 Å². The number of aliphatic hydroxyl groups is 1. The minimum Gasteiger partial charge on any atom is -0.390 e. The maximum Gasteiger partial charge on any atom is 0.0821 e. The van der Waals surface area contributed by atoms with Crippen LogP contribution in [0.4, 0.5) is 0 Å². The Labute approximate surface area is 36.9 Å². The molecule has 0 saturated heterocycles. The fourth-order valence-corrected chi connectivity index (χ4v) is 0. The Balaban J connectivity index is 2.99. The molecule has 0 spiro atoms. The van der Waals surface area contributed by atoms with Crippen LogP contribution in [-0.2, 0) is 0 Å². The summed E-state index contributed by atoms with van der Waals surface area (Å²) in [4.78, 5) is 0. The third-order valence-corrected chi connectivity index (χ3v) is 0.444. The summed E-state index contributed by atoms with van der Waals surface area (Å²) in [6.07, 6.45) is -1.55. The third kappa shape index (κ3) is 2.14. The molecule has 0 bridgehead atoms. The summed E-state index contributed by atoms with van der Waals surface area (Å²) in [6, 6.07) is 0. The molecule has 5 N–H and O–H groups in total. The van der Waals surface area contributed by atoms with Gasteiger partial charge in [-0.15, -0.1) is 0 Å². The van der Waals surface area contributed by atoms with Gasteiger partial charge in [-0.1, -0.05) is 0 Å². The van der Waals surface area contributed by atoms with Crippen molar-refractivity contribution in [3.05, 3.63) is 6.92 Å². The van der Waals surface area contributed by atoms with Crippen molar-refractivity contribution < 1.29 is 5.11 Å². The van der Waals surface area contributed by atoms with Crippen molar-refractivity contribution in [2.75, 3.05) is 0 Å². The number of hydrogen-bond acceptors (Lipinski definition) is 3. The smallest absolute Gasteiger partial charge is 0.0821 e. The monoisotopic (exact) mass is 89.1 g/mol. The van der Waals surface area contributed by atoms with Gasteiger partial charge in [0.25, 0.3) is 0 Å². The molecule has 6 heavy (non-hydrogen) atoms. The lowest BCUT2D eigenvalue weighted by Crippen LogP contribution is -2.40. The Kier molecular flexibility index (Phi) is 2.08. The quantitative estimate of drug-likeness (QED) is 0.340. The molecule has 1 atom stereocenters. The van der Waals surface area contributed by atoms with Gasteiger partial charge >= 0.3 is 0 Å². The van der Waals surface area contributed by atoms with Crippen LogP contribution in [0.3, 0.4) is 0 Å². The molecule has 3 heteroatoms. The van der Waals surface area contributed by atoms with Crippen molar-refractivity contribution in [1.29, 1.82) is 0 Å². The second kappa shape index (κ2) is 2.12. The van der Waals surface area contributed by atoms with Gasteiger partial charge in [0.2, 0.25) is 0 Å². The zero-order valence-corrected chi connectivity index (χ0v) is 3.46. The minimum atomic E-state index is -0.843. The lowest BCUT2D eigenvalue weighted by atomic mass is 10.3. The van der Waals surface area contributed by atoms with E-state index in [1.807, 2.05) is 0 Å². The third-order valence-electron chi connectivity index (χ3n) is 0.444. The molecule has 0 aromatic carbocycles. The summed E-state index contributed by atoms with van der Waals surface area (Å²) in [6.45, 7) is 3.14. The van der Waals surface area contributed by atoms with Gasteiger partial charge in [0.1, 0.15) is 0 Å². The molecule has 0 rings (SSSR count). The highest BCUT2D eigenvalue weighted by Crippen LogP contribution is 1.73. The van der Waals surface area contributed by atoms with Crippen LogP contribution in [0.15, 0.2) is 0 Å². The average molecular weight is 89.1 g/mol. The first-order chi connectivity index (χ1) is 2.64.